The smallest absolute Gasteiger partial charge is 0.317 e. The minimum atomic E-state index is -0.971. The number of carbonyl (C=O) groups is 1. The summed E-state index contributed by atoms with van der Waals surface area (Å²) in [6, 6.07) is 7.42. The molecule has 1 saturated heterocycles. The molecule has 1 aromatic carbocycles. The zero-order valence-electron chi connectivity index (χ0n) is 14.1. The highest BCUT2D eigenvalue weighted by Crippen LogP contribution is 2.14. The van der Waals surface area contributed by atoms with Gasteiger partial charge in [0.05, 0.1) is 6.10 Å². The third-order valence-corrected chi connectivity index (χ3v) is 4.73. The zero-order valence-corrected chi connectivity index (χ0v) is 14.9. The van der Waals surface area contributed by atoms with Crippen molar-refractivity contribution in [3.05, 3.63) is 29.8 Å². The average Bonchev–Trinajstić information content (AvgIpc) is 3.00. The van der Waals surface area contributed by atoms with Crippen LogP contribution < -0.4 is 5.32 Å². The molecule has 1 aromatic rings. The Bertz CT molecular complexity index is 545. The molecule has 0 aromatic heterocycles. The number of rotatable bonds is 6. The average molecular weight is 338 g/mol. The van der Waals surface area contributed by atoms with Crippen LogP contribution in [0.25, 0.3) is 0 Å². The topological polar surface area (TPSA) is 58.6 Å². The molecule has 2 atom stereocenters. The van der Waals surface area contributed by atoms with Crippen molar-refractivity contribution in [1.82, 2.24) is 10.2 Å². The van der Waals surface area contributed by atoms with Gasteiger partial charge in [-0.15, -0.1) is 0 Å². The van der Waals surface area contributed by atoms with Gasteiger partial charge in [0.25, 0.3) is 0 Å². The van der Waals surface area contributed by atoms with Crippen LogP contribution in [0.15, 0.2) is 29.2 Å². The van der Waals surface area contributed by atoms with Crippen molar-refractivity contribution in [2.75, 3.05) is 26.0 Å². The second kappa shape index (κ2) is 8.45. The van der Waals surface area contributed by atoms with Crippen LogP contribution in [0.4, 0.5) is 4.79 Å². The van der Waals surface area contributed by atoms with E-state index in [1.165, 1.54) is 0 Å². The highest BCUT2D eigenvalue weighted by Gasteiger charge is 2.26. The molecule has 0 spiro atoms. The predicted molar refractivity (Wildman–Crippen MR) is 91.8 cm³/mol. The minimum Gasteiger partial charge on any atom is -0.376 e. The van der Waals surface area contributed by atoms with E-state index in [-0.39, 0.29) is 12.1 Å². The molecule has 1 aliphatic heterocycles. The minimum absolute atomic E-state index is 0.0520. The molecule has 1 fully saturated rings. The molecule has 0 radical (unpaired) electrons. The number of nitrogens with zero attached hydrogens (tertiary/aromatic N) is 1. The molecule has 0 unspecified atom stereocenters. The van der Waals surface area contributed by atoms with E-state index in [4.69, 9.17) is 4.74 Å². The van der Waals surface area contributed by atoms with Gasteiger partial charge < -0.3 is 15.0 Å². The Balaban J connectivity index is 1.76. The molecule has 1 N–H and O–H groups in total. The molecule has 6 heteroatoms. The van der Waals surface area contributed by atoms with Gasteiger partial charge in [-0.3, -0.25) is 4.21 Å². The number of amides is 2. The fourth-order valence-electron chi connectivity index (χ4n) is 2.47. The molecular formula is C17H26N2O3S. The van der Waals surface area contributed by atoms with Crippen LogP contribution in [0.1, 0.15) is 25.8 Å². The molecule has 128 valence electrons. The number of urea groups is 1. The number of hydrogen-bond acceptors (Lipinski definition) is 3. The van der Waals surface area contributed by atoms with Crippen LogP contribution in [0.3, 0.4) is 0 Å². The Morgan fingerprint density at radius 1 is 1.39 bits per heavy atom. The van der Waals surface area contributed by atoms with E-state index in [0.717, 1.165) is 30.0 Å². The van der Waals surface area contributed by atoms with E-state index in [2.05, 4.69) is 19.2 Å². The standard InChI is InChI=1S/C17H26N2O3S/c1-13(2)12-22-15-8-9-19(11-15)17(20)18-10-14-4-6-16(7-5-14)23(3)21/h4-7,13,15H,8-12H2,1-3H3,(H,18,20)/t15-,23+/m1/s1. The molecule has 2 rings (SSSR count). The highest BCUT2D eigenvalue weighted by atomic mass is 32.2. The zero-order chi connectivity index (χ0) is 16.8. The van der Waals surface area contributed by atoms with Crippen LogP contribution in [0, 0.1) is 5.92 Å². The summed E-state index contributed by atoms with van der Waals surface area (Å²) in [5.41, 5.74) is 0.999. The number of hydrogen-bond donors (Lipinski definition) is 1. The molecule has 0 saturated carbocycles. The summed E-state index contributed by atoms with van der Waals surface area (Å²) < 4.78 is 17.1. The first-order chi connectivity index (χ1) is 11.0. The van der Waals surface area contributed by atoms with Crippen molar-refractivity contribution in [2.45, 2.75) is 37.8 Å². The Kier molecular flexibility index (Phi) is 6.59. The van der Waals surface area contributed by atoms with Crippen molar-refractivity contribution in [3.8, 4) is 0 Å². The first-order valence-electron chi connectivity index (χ1n) is 8.02. The molecule has 5 nitrogen and oxygen atoms in total. The fraction of sp³-hybridized carbons (Fsp3) is 0.588. The molecule has 23 heavy (non-hydrogen) atoms. The normalized spacial score (nSPS) is 19.1. The van der Waals surface area contributed by atoms with E-state index in [1.54, 1.807) is 11.2 Å². The molecule has 1 heterocycles. The Morgan fingerprint density at radius 2 is 2.09 bits per heavy atom. The lowest BCUT2D eigenvalue weighted by molar-refractivity contribution is 0.0436. The van der Waals surface area contributed by atoms with E-state index < -0.39 is 10.8 Å². The number of carbonyl (C=O) groups excluding carboxylic acids is 1. The maximum atomic E-state index is 12.2. The Morgan fingerprint density at radius 3 is 2.70 bits per heavy atom. The van der Waals surface area contributed by atoms with Crippen molar-refractivity contribution in [2.24, 2.45) is 5.92 Å². The van der Waals surface area contributed by atoms with Crippen molar-refractivity contribution >= 4 is 16.8 Å². The van der Waals surface area contributed by atoms with Crippen LogP contribution in [0.5, 0.6) is 0 Å². The lowest BCUT2D eigenvalue weighted by Crippen LogP contribution is -2.38. The summed E-state index contributed by atoms with van der Waals surface area (Å²) in [4.78, 5) is 14.8. The van der Waals surface area contributed by atoms with E-state index >= 15 is 0 Å². The maximum absolute atomic E-state index is 12.2. The van der Waals surface area contributed by atoms with Gasteiger partial charge in [0.15, 0.2) is 0 Å². The summed E-state index contributed by atoms with van der Waals surface area (Å²) >= 11 is 0. The van der Waals surface area contributed by atoms with Crippen molar-refractivity contribution in [3.63, 3.8) is 0 Å². The maximum Gasteiger partial charge on any atom is 0.317 e. The van der Waals surface area contributed by atoms with Crippen LogP contribution >= 0.6 is 0 Å². The second-order valence-corrected chi connectivity index (χ2v) is 7.72. The summed E-state index contributed by atoms with van der Waals surface area (Å²) in [7, 11) is -0.971. The summed E-state index contributed by atoms with van der Waals surface area (Å²) in [6.45, 7) is 6.86. The van der Waals surface area contributed by atoms with Gasteiger partial charge in [0.1, 0.15) is 0 Å². The van der Waals surface area contributed by atoms with Crippen LogP contribution in [-0.4, -0.2) is 47.2 Å². The van der Waals surface area contributed by atoms with Gasteiger partial charge in [-0.1, -0.05) is 26.0 Å². The second-order valence-electron chi connectivity index (χ2n) is 6.34. The van der Waals surface area contributed by atoms with Gasteiger partial charge >= 0.3 is 6.03 Å². The van der Waals surface area contributed by atoms with Gasteiger partial charge in [-0.2, -0.15) is 0 Å². The molecule has 0 bridgehead atoms. The molecule has 2 amide bonds. The monoisotopic (exact) mass is 338 g/mol. The lowest BCUT2D eigenvalue weighted by Gasteiger charge is -2.18. The number of ether oxygens (including phenoxy) is 1. The third kappa shape index (κ3) is 5.62. The fourth-order valence-corrected chi connectivity index (χ4v) is 2.99. The SMILES string of the molecule is CC(C)CO[C@@H]1CCN(C(=O)NCc2ccc([S@](C)=O)cc2)C1. The van der Waals surface area contributed by atoms with E-state index in [0.29, 0.717) is 19.0 Å². The summed E-state index contributed by atoms with van der Waals surface area (Å²) in [5, 5.41) is 2.93. The summed E-state index contributed by atoms with van der Waals surface area (Å²) in [5.74, 6) is 0.512. The van der Waals surface area contributed by atoms with Crippen molar-refractivity contribution in [1.29, 1.82) is 0 Å². The van der Waals surface area contributed by atoms with Crippen LogP contribution in [-0.2, 0) is 22.1 Å². The Labute approximate surface area is 140 Å². The number of nitrogens with one attached hydrogen (secondary N) is 1. The van der Waals surface area contributed by atoms with Gasteiger partial charge in [0, 0.05) is 48.2 Å². The highest BCUT2D eigenvalue weighted by molar-refractivity contribution is 7.84. The van der Waals surface area contributed by atoms with E-state index in [9.17, 15) is 9.00 Å². The number of likely N-dealkylation sites (tertiary alicyclic amines) is 1. The quantitative estimate of drug-likeness (QED) is 0.866. The third-order valence-electron chi connectivity index (χ3n) is 3.80. The first-order valence-corrected chi connectivity index (χ1v) is 9.58. The summed E-state index contributed by atoms with van der Waals surface area (Å²) in [6.07, 6.45) is 2.71. The molecule has 1 aliphatic rings. The van der Waals surface area contributed by atoms with Crippen LogP contribution in [0.2, 0.25) is 0 Å². The van der Waals surface area contributed by atoms with Crippen molar-refractivity contribution < 1.29 is 13.7 Å². The number of benzene rings is 1. The largest absolute Gasteiger partial charge is 0.376 e. The van der Waals surface area contributed by atoms with Gasteiger partial charge in [-0.05, 0) is 30.0 Å². The molecule has 0 aliphatic carbocycles. The van der Waals surface area contributed by atoms with Gasteiger partial charge in [-0.25, -0.2) is 4.79 Å². The first kappa shape index (κ1) is 17.9. The van der Waals surface area contributed by atoms with Gasteiger partial charge in [0.2, 0.25) is 0 Å². The molecular weight excluding hydrogens is 312 g/mol. The lowest BCUT2D eigenvalue weighted by atomic mass is 10.2. The Hall–Kier alpha value is -1.40. The predicted octanol–water partition coefficient (Wildman–Crippen LogP) is 2.38. The van der Waals surface area contributed by atoms with E-state index in [1.807, 2.05) is 24.3 Å².